The second-order valence-corrected chi connectivity index (χ2v) is 4.81. The van der Waals surface area contributed by atoms with Crippen molar-refractivity contribution < 1.29 is 4.79 Å². The van der Waals surface area contributed by atoms with Gasteiger partial charge in [-0.05, 0) is 30.8 Å². The molecule has 3 N–H and O–H groups in total. The summed E-state index contributed by atoms with van der Waals surface area (Å²) in [5.41, 5.74) is 5.28. The molecular formula is C11H15ClN2OS. The van der Waals surface area contributed by atoms with E-state index in [4.69, 9.17) is 17.3 Å². The number of rotatable bonds is 6. The van der Waals surface area contributed by atoms with Crippen LogP contribution < -0.4 is 11.1 Å². The summed E-state index contributed by atoms with van der Waals surface area (Å²) in [5, 5.41) is 3.75. The highest BCUT2D eigenvalue weighted by Gasteiger charge is 2.13. The Balaban J connectivity index is 2.48. The molecule has 1 atom stereocenters. The summed E-state index contributed by atoms with van der Waals surface area (Å²) in [6.07, 6.45) is 0. The maximum absolute atomic E-state index is 11.1. The van der Waals surface area contributed by atoms with Crippen molar-refractivity contribution in [2.24, 2.45) is 5.73 Å². The third kappa shape index (κ3) is 4.43. The van der Waals surface area contributed by atoms with Gasteiger partial charge in [0.25, 0.3) is 0 Å². The van der Waals surface area contributed by atoms with Crippen LogP contribution in [0.25, 0.3) is 0 Å². The molecule has 0 heterocycles. The van der Waals surface area contributed by atoms with Gasteiger partial charge in [0.1, 0.15) is 0 Å². The zero-order chi connectivity index (χ0) is 12.0. The summed E-state index contributed by atoms with van der Waals surface area (Å²) in [6, 6.07) is 7.23. The predicted molar refractivity (Wildman–Crippen MR) is 68.8 cm³/mol. The number of hydrogen-bond donors (Lipinski definition) is 2. The second kappa shape index (κ2) is 6.78. The van der Waals surface area contributed by atoms with Gasteiger partial charge in [-0.2, -0.15) is 0 Å². The molecule has 16 heavy (non-hydrogen) atoms. The molecule has 1 aromatic rings. The van der Waals surface area contributed by atoms with Crippen molar-refractivity contribution >= 4 is 29.3 Å². The molecule has 0 aliphatic heterocycles. The van der Waals surface area contributed by atoms with Crippen molar-refractivity contribution in [1.29, 1.82) is 0 Å². The molecule has 3 nitrogen and oxygen atoms in total. The van der Waals surface area contributed by atoms with E-state index < -0.39 is 0 Å². The van der Waals surface area contributed by atoms with E-state index in [1.807, 2.05) is 31.2 Å². The summed E-state index contributed by atoms with van der Waals surface area (Å²) in [6.45, 7) is 2.68. The van der Waals surface area contributed by atoms with Crippen LogP contribution in [-0.4, -0.2) is 24.2 Å². The molecule has 0 aliphatic carbocycles. The standard InChI is InChI=1S/C11H15ClN2OS/c1-2-14-10(11(13)15)7-16-9-5-3-8(12)4-6-9/h3-6,10,14H,2,7H2,1H3,(H2,13,15). The first-order valence-electron chi connectivity index (χ1n) is 5.04. The Morgan fingerprint density at radius 1 is 1.50 bits per heavy atom. The normalized spacial score (nSPS) is 12.4. The zero-order valence-electron chi connectivity index (χ0n) is 9.07. The molecule has 88 valence electrons. The van der Waals surface area contributed by atoms with Crippen LogP contribution in [0.4, 0.5) is 0 Å². The largest absolute Gasteiger partial charge is 0.368 e. The Morgan fingerprint density at radius 2 is 2.12 bits per heavy atom. The highest BCUT2D eigenvalue weighted by molar-refractivity contribution is 7.99. The van der Waals surface area contributed by atoms with E-state index in [2.05, 4.69) is 5.32 Å². The van der Waals surface area contributed by atoms with Gasteiger partial charge in [-0.3, -0.25) is 4.79 Å². The van der Waals surface area contributed by atoms with Crippen LogP contribution >= 0.6 is 23.4 Å². The molecular weight excluding hydrogens is 244 g/mol. The van der Waals surface area contributed by atoms with Gasteiger partial charge in [0.2, 0.25) is 5.91 Å². The molecule has 0 radical (unpaired) electrons. The molecule has 1 rings (SSSR count). The number of carbonyl (C=O) groups excluding carboxylic acids is 1. The molecule has 0 spiro atoms. The maximum Gasteiger partial charge on any atom is 0.235 e. The Bertz CT molecular complexity index is 342. The van der Waals surface area contributed by atoms with E-state index in [1.54, 1.807) is 11.8 Å². The summed E-state index contributed by atoms with van der Waals surface area (Å²) < 4.78 is 0. The fourth-order valence-electron chi connectivity index (χ4n) is 1.20. The van der Waals surface area contributed by atoms with Crippen LogP contribution in [-0.2, 0) is 4.79 Å². The lowest BCUT2D eigenvalue weighted by Gasteiger charge is -2.13. The molecule has 1 aromatic carbocycles. The van der Waals surface area contributed by atoms with E-state index >= 15 is 0 Å². The Hall–Kier alpha value is -0.710. The van der Waals surface area contributed by atoms with Crippen molar-refractivity contribution in [3.63, 3.8) is 0 Å². The number of primary amides is 1. The average Bonchev–Trinajstić information content (AvgIpc) is 2.26. The van der Waals surface area contributed by atoms with E-state index in [0.717, 1.165) is 11.4 Å². The van der Waals surface area contributed by atoms with Crippen LogP contribution in [0.1, 0.15) is 6.92 Å². The first-order chi connectivity index (χ1) is 7.63. The van der Waals surface area contributed by atoms with Crippen molar-refractivity contribution in [1.82, 2.24) is 5.32 Å². The van der Waals surface area contributed by atoms with Gasteiger partial charge < -0.3 is 11.1 Å². The monoisotopic (exact) mass is 258 g/mol. The van der Waals surface area contributed by atoms with Crippen molar-refractivity contribution in [2.45, 2.75) is 17.9 Å². The number of benzene rings is 1. The van der Waals surface area contributed by atoms with Crippen molar-refractivity contribution in [3.05, 3.63) is 29.3 Å². The van der Waals surface area contributed by atoms with Crippen molar-refractivity contribution in [3.8, 4) is 0 Å². The topological polar surface area (TPSA) is 55.1 Å². The lowest BCUT2D eigenvalue weighted by atomic mass is 10.3. The Kier molecular flexibility index (Phi) is 5.66. The molecule has 5 heteroatoms. The van der Waals surface area contributed by atoms with E-state index in [1.165, 1.54) is 0 Å². The number of nitrogens with one attached hydrogen (secondary N) is 1. The van der Waals surface area contributed by atoms with E-state index in [0.29, 0.717) is 10.8 Å². The molecule has 0 aliphatic rings. The van der Waals surface area contributed by atoms with Crippen LogP contribution in [0.15, 0.2) is 29.2 Å². The van der Waals surface area contributed by atoms with Crippen LogP contribution in [0.2, 0.25) is 5.02 Å². The Labute approximate surface area is 105 Å². The summed E-state index contributed by atoms with van der Waals surface area (Å²) in [4.78, 5) is 12.2. The molecule has 1 unspecified atom stereocenters. The molecule has 0 saturated heterocycles. The third-order valence-corrected chi connectivity index (χ3v) is 3.38. The minimum atomic E-state index is -0.316. The van der Waals surface area contributed by atoms with Crippen molar-refractivity contribution in [2.75, 3.05) is 12.3 Å². The number of halogens is 1. The number of thioether (sulfide) groups is 1. The van der Waals surface area contributed by atoms with Gasteiger partial charge in [0.05, 0.1) is 6.04 Å². The van der Waals surface area contributed by atoms with Gasteiger partial charge in [-0.25, -0.2) is 0 Å². The first kappa shape index (κ1) is 13.4. The van der Waals surface area contributed by atoms with Gasteiger partial charge in [0, 0.05) is 15.7 Å². The smallest absolute Gasteiger partial charge is 0.235 e. The fourth-order valence-corrected chi connectivity index (χ4v) is 2.29. The lowest BCUT2D eigenvalue weighted by molar-refractivity contribution is -0.119. The summed E-state index contributed by atoms with van der Waals surface area (Å²) in [5.74, 6) is 0.313. The van der Waals surface area contributed by atoms with Gasteiger partial charge in [-0.15, -0.1) is 11.8 Å². The maximum atomic E-state index is 11.1. The highest BCUT2D eigenvalue weighted by Crippen LogP contribution is 2.20. The van der Waals surface area contributed by atoms with E-state index in [9.17, 15) is 4.79 Å². The minimum Gasteiger partial charge on any atom is -0.368 e. The summed E-state index contributed by atoms with van der Waals surface area (Å²) >= 11 is 7.36. The predicted octanol–water partition coefficient (Wildman–Crippen LogP) is 1.90. The average molecular weight is 259 g/mol. The molecule has 1 amide bonds. The van der Waals surface area contributed by atoms with Gasteiger partial charge >= 0.3 is 0 Å². The minimum absolute atomic E-state index is 0.286. The molecule has 0 bridgehead atoms. The first-order valence-corrected chi connectivity index (χ1v) is 6.41. The van der Waals surface area contributed by atoms with Crippen LogP contribution in [0.5, 0.6) is 0 Å². The third-order valence-electron chi connectivity index (χ3n) is 2.02. The highest BCUT2D eigenvalue weighted by atomic mass is 35.5. The Morgan fingerprint density at radius 3 is 2.62 bits per heavy atom. The molecule has 0 fully saturated rings. The lowest BCUT2D eigenvalue weighted by Crippen LogP contribution is -2.42. The molecule has 0 aromatic heterocycles. The quantitative estimate of drug-likeness (QED) is 0.767. The molecule has 0 saturated carbocycles. The SMILES string of the molecule is CCNC(CSc1ccc(Cl)cc1)C(N)=O. The van der Waals surface area contributed by atoms with Gasteiger partial charge in [-0.1, -0.05) is 18.5 Å². The zero-order valence-corrected chi connectivity index (χ0v) is 10.6. The number of amides is 1. The van der Waals surface area contributed by atoms with Gasteiger partial charge in [0.15, 0.2) is 0 Å². The number of carbonyl (C=O) groups is 1. The fraction of sp³-hybridized carbons (Fsp3) is 0.364. The van der Waals surface area contributed by atoms with Crippen LogP contribution in [0.3, 0.4) is 0 Å². The van der Waals surface area contributed by atoms with E-state index in [-0.39, 0.29) is 11.9 Å². The number of hydrogen-bond acceptors (Lipinski definition) is 3. The number of likely N-dealkylation sites (N-methyl/N-ethyl adjacent to an activating group) is 1. The number of nitrogens with two attached hydrogens (primary N) is 1. The summed E-state index contributed by atoms with van der Waals surface area (Å²) in [7, 11) is 0. The van der Waals surface area contributed by atoms with Crippen LogP contribution in [0, 0.1) is 0 Å². The second-order valence-electron chi connectivity index (χ2n) is 3.28.